The van der Waals surface area contributed by atoms with E-state index in [1.54, 1.807) is 0 Å². The fourth-order valence-corrected chi connectivity index (χ4v) is 2.90. The van der Waals surface area contributed by atoms with E-state index in [4.69, 9.17) is 4.98 Å². The molecule has 3 heteroatoms. The summed E-state index contributed by atoms with van der Waals surface area (Å²) in [5.41, 5.74) is 2.20. The molecule has 0 amide bonds. The van der Waals surface area contributed by atoms with Gasteiger partial charge in [0.15, 0.2) is 0 Å². The first-order valence-corrected chi connectivity index (χ1v) is 7.84. The summed E-state index contributed by atoms with van der Waals surface area (Å²) in [5.74, 6) is 0. The third-order valence-corrected chi connectivity index (χ3v) is 3.89. The van der Waals surface area contributed by atoms with Crippen molar-refractivity contribution in [2.75, 3.05) is 6.54 Å². The summed E-state index contributed by atoms with van der Waals surface area (Å²) in [4.78, 5) is 4.84. The molecule has 1 unspecified atom stereocenters. The smallest absolute Gasteiger partial charge is 0.0722 e. The van der Waals surface area contributed by atoms with Crippen LogP contribution in [0.25, 0.3) is 10.9 Å². The Labute approximate surface area is 123 Å². The highest BCUT2D eigenvalue weighted by molar-refractivity contribution is 9.10. The molecule has 1 N–H and O–H groups in total. The van der Waals surface area contributed by atoms with Crippen molar-refractivity contribution >= 4 is 26.8 Å². The van der Waals surface area contributed by atoms with Gasteiger partial charge in [-0.05, 0) is 47.4 Å². The lowest BCUT2D eigenvalue weighted by atomic mass is 10.1. The summed E-state index contributed by atoms with van der Waals surface area (Å²) in [6.07, 6.45) is 3.41. The zero-order valence-electron chi connectivity index (χ0n) is 11.6. The lowest BCUT2D eigenvalue weighted by molar-refractivity contribution is 0.483. The molecule has 0 saturated carbocycles. The number of rotatable bonds is 6. The molecule has 0 aliphatic rings. The summed E-state index contributed by atoms with van der Waals surface area (Å²) in [5, 5.41) is 4.78. The van der Waals surface area contributed by atoms with Crippen LogP contribution in [0.3, 0.4) is 0 Å². The highest BCUT2D eigenvalue weighted by atomic mass is 79.9. The molecule has 0 saturated heterocycles. The maximum atomic E-state index is 4.84. The first kappa shape index (κ1) is 14.5. The molecule has 2 nitrogen and oxygen atoms in total. The summed E-state index contributed by atoms with van der Waals surface area (Å²) in [7, 11) is 0. The van der Waals surface area contributed by atoms with Crippen molar-refractivity contribution in [3.8, 4) is 0 Å². The fraction of sp³-hybridized carbons (Fsp3) is 0.438. The van der Waals surface area contributed by atoms with Gasteiger partial charge in [-0.25, -0.2) is 4.98 Å². The Morgan fingerprint density at radius 3 is 2.74 bits per heavy atom. The van der Waals surface area contributed by atoms with E-state index in [1.807, 2.05) is 6.07 Å². The average Bonchev–Trinajstić information content (AvgIpc) is 2.43. The van der Waals surface area contributed by atoms with Crippen LogP contribution in [0, 0.1) is 0 Å². The van der Waals surface area contributed by atoms with E-state index in [1.165, 1.54) is 5.39 Å². The fourth-order valence-electron chi connectivity index (χ4n) is 2.29. The van der Waals surface area contributed by atoms with Crippen molar-refractivity contribution in [1.82, 2.24) is 10.3 Å². The Morgan fingerprint density at radius 2 is 2.00 bits per heavy atom. The van der Waals surface area contributed by atoms with E-state index in [9.17, 15) is 0 Å². The molecule has 1 heterocycles. The summed E-state index contributed by atoms with van der Waals surface area (Å²) in [6, 6.07) is 10.8. The predicted octanol–water partition coefficient (Wildman–Crippen LogP) is 4.84. The van der Waals surface area contributed by atoms with Gasteiger partial charge in [-0.2, -0.15) is 0 Å². The third-order valence-electron chi connectivity index (χ3n) is 3.25. The number of benzene rings is 1. The van der Waals surface area contributed by atoms with Gasteiger partial charge in [0.2, 0.25) is 0 Å². The van der Waals surface area contributed by atoms with Gasteiger partial charge in [0.1, 0.15) is 0 Å². The van der Waals surface area contributed by atoms with Crippen LogP contribution in [0.1, 0.15) is 44.8 Å². The van der Waals surface area contributed by atoms with Crippen molar-refractivity contribution in [3.63, 3.8) is 0 Å². The lowest BCUT2D eigenvalue weighted by Crippen LogP contribution is -2.23. The number of aromatic nitrogens is 1. The third kappa shape index (κ3) is 3.54. The van der Waals surface area contributed by atoms with Crippen LogP contribution in [0.4, 0.5) is 0 Å². The Kier molecular flexibility index (Phi) is 5.34. The number of para-hydroxylation sites is 1. The van der Waals surface area contributed by atoms with Crippen LogP contribution < -0.4 is 5.32 Å². The number of pyridine rings is 1. The SMILES string of the molecule is CCCNC(CCC)c1nc2ccccc2cc1Br. The van der Waals surface area contributed by atoms with Crippen molar-refractivity contribution in [3.05, 3.63) is 40.5 Å². The highest BCUT2D eigenvalue weighted by Crippen LogP contribution is 2.28. The van der Waals surface area contributed by atoms with Crippen molar-refractivity contribution < 1.29 is 0 Å². The van der Waals surface area contributed by atoms with Gasteiger partial charge in [0.05, 0.1) is 17.3 Å². The number of fused-ring (bicyclic) bond motifs is 1. The van der Waals surface area contributed by atoms with Crippen LogP contribution in [0.5, 0.6) is 0 Å². The molecule has 102 valence electrons. The molecular formula is C16H21BrN2. The molecule has 1 aromatic carbocycles. The van der Waals surface area contributed by atoms with Gasteiger partial charge in [-0.1, -0.05) is 38.5 Å². The summed E-state index contributed by atoms with van der Waals surface area (Å²) in [6.45, 7) is 5.44. The molecule has 0 spiro atoms. The second-order valence-corrected chi connectivity index (χ2v) is 5.70. The Hall–Kier alpha value is -0.930. The van der Waals surface area contributed by atoms with Gasteiger partial charge < -0.3 is 5.32 Å². The topological polar surface area (TPSA) is 24.9 Å². The molecule has 2 aromatic rings. The zero-order chi connectivity index (χ0) is 13.7. The van der Waals surface area contributed by atoms with Crippen LogP contribution >= 0.6 is 15.9 Å². The molecule has 1 aromatic heterocycles. The highest BCUT2D eigenvalue weighted by Gasteiger charge is 2.15. The first-order valence-electron chi connectivity index (χ1n) is 7.04. The van der Waals surface area contributed by atoms with Gasteiger partial charge in [-0.15, -0.1) is 0 Å². The monoisotopic (exact) mass is 320 g/mol. The summed E-state index contributed by atoms with van der Waals surface area (Å²) < 4.78 is 1.10. The molecule has 0 aliphatic carbocycles. The number of hydrogen-bond acceptors (Lipinski definition) is 2. The van der Waals surface area contributed by atoms with E-state index < -0.39 is 0 Å². The van der Waals surface area contributed by atoms with E-state index in [0.717, 1.165) is 41.5 Å². The molecule has 0 radical (unpaired) electrons. The second kappa shape index (κ2) is 7.01. The van der Waals surface area contributed by atoms with E-state index in [2.05, 4.69) is 59.4 Å². The molecule has 0 bridgehead atoms. The molecule has 1 atom stereocenters. The maximum Gasteiger partial charge on any atom is 0.0722 e. The van der Waals surface area contributed by atoms with Gasteiger partial charge >= 0.3 is 0 Å². The Balaban J connectivity index is 2.37. The van der Waals surface area contributed by atoms with Crippen LogP contribution in [0.2, 0.25) is 0 Å². The van der Waals surface area contributed by atoms with E-state index in [0.29, 0.717) is 6.04 Å². The zero-order valence-corrected chi connectivity index (χ0v) is 13.2. The van der Waals surface area contributed by atoms with Gasteiger partial charge in [0, 0.05) is 9.86 Å². The molecular weight excluding hydrogens is 300 g/mol. The molecule has 2 rings (SSSR count). The largest absolute Gasteiger partial charge is 0.309 e. The minimum atomic E-state index is 0.337. The summed E-state index contributed by atoms with van der Waals surface area (Å²) >= 11 is 3.68. The number of halogens is 1. The molecule has 0 aliphatic heterocycles. The number of nitrogens with one attached hydrogen (secondary N) is 1. The quantitative estimate of drug-likeness (QED) is 0.823. The van der Waals surface area contributed by atoms with Crippen LogP contribution in [-0.2, 0) is 0 Å². The Morgan fingerprint density at radius 1 is 1.21 bits per heavy atom. The van der Waals surface area contributed by atoms with Crippen molar-refractivity contribution in [2.45, 2.75) is 39.2 Å². The van der Waals surface area contributed by atoms with Gasteiger partial charge in [-0.3, -0.25) is 0 Å². The minimum Gasteiger partial charge on any atom is -0.309 e. The first-order chi connectivity index (χ1) is 9.26. The predicted molar refractivity (Wildman–Crippen MR) is 85.4 cm³/mol. The maximum absolute atomic E-state index is 4.84. The van der Waals surface area contributed by atoms with E-state index in [-0.39, 0.29) is 0 Å². The molecule has 19 heavy (non-hydrogen) atoms. The van der Waals surface area contributed by atoms with Crippen molar-refractivity contribution in [2.24, 2.45) is 0 Å². The average molecular weight is 321 g/mol. The number of hydrogen-bond donors (Lipinski definition) is 1. The van der Waals surface area contributed by atoms with Crippen LogP contribution in [-0.4, -0.2) is 11.5 Å². The minimum absolute atomic E-state index is 0.337. The molecule has 0 fully saturated rings. The normalized spacial score (nSPS) is 12.8. The second-order valence-electron chi connectivity index (χ2n) is 4.84. The number of nitrogens with zero attached hydrogens (tertiary/aromatic N) is 1. The van der Waals surface area contributed by atoms with Crippen molar-refractivity contribution in [1.29, 1.82) is 0 Å². The van der Waals surface area contributed by atoms with E-state index >= 15 is 0 Å². The Bertz CT molecular complexity index is 539. The standard InChI is InChI=1S/C16H21BrN2/c1-3-7-15(18-10-4-2)16-13(17)11-12-8-5-6-9-14(12)19-16/h5-6,8-9,11,15,18H,3-4,7,10H2,1-2H3. The van der Waals surface area contributed by atoms with Crippen LogP contribution in [0.15, 0.2) is 34.8 Å². The lowest BCUT2D eigenvalue weighted by Gasteiger charge is -2.19. The van der Waals surface area contributed by atoms with Gasteiger partial charge in [0.25, 0.3) is 0 Å².